The molecule has 7 nitrogen and oxygen atoms in total. The number of aromatic carboxylic acids is 1. The zero-order valence-corrected chi connectivity index (χ0v) is 19.9. The fourth-order valence-electron chi connectivity index (χ4n) is 4.44. The normalized spacial score (nSPS) is 14.3. The molecule has 2 heterocycles. The molecule has 0 spiro atoms. The van der Waals surface area contributed by atoms with E-state index in [-0.39, 0.29) is 28.3 Å². The van der Waals surface area contributed by atoms with E-state index in [0.717, 1.165) is 30.9 Å². The van der Waals surface area contributed by atoms with E-state index in [1.807, 2.05) is 18.2 Å². The van der Waals surface area contributed by atoms with Gasteiger partial charge in [0.25, 0.3) is 5.91 Å². The number of aryl methyl sites for hydroxylation is 1. The largest absolute Gasteiger partial charge is 0.490 e. The lowest BCUT2D eigenvalue weighted by Gasteiger charge is -2.11. The summed E-state index contributed by atoms with van der Waals surface area (Å²) in [6.45, 7) is 0. The van der Waals surface area contributed by atoms with Crippen LogP contribution < -0.4 is 15.5 Å². The van der Waals surface area contributed by atoms with E-state index < -0.39 is 23.1 Å². The van der Waals surface area contributed by atoms with E-state index in [9.17, 15) is 19.5 Å². The van der Waals surface area contributed by atoms with Gasteiger partial charge in [-0.2, -0.15) is 0 Å². The second-order valence-electron chi connectivity index (χ2n) is 8.64. The first kappa shape index (κ1) is 23.6. The number of para-hydroxylation sites is 1. The van der Waals surface area contributed by atoms with Crippen molar-refractivity contribution >= 4 is 40.1 Å². The number of nitrogens with one attached hydrogen (secondary N) is 1. The third-order valence-corrected chi connectivity index (χ3v) is 6.65. The van der Waals surface area contributed by atoms with Crippen LogP contribution in [0.1, 0.15) is 44.9 Å². The third kappa shape index (κ3) is 4.70. The molecule has 8 heteroatoms. The first-order valence-corrected chi connectivity index (χ1v) is 11.9. The number of rotatable bonds is 7. The minimum atomic E-state index is -1.38. The quantitative estimate of drug-likeness (QED) is 0.334. The van der Waals surface area contributed by atoms with E-state index >= 15 is 0 Å². The SMILES string of the molecule is O=C(O)c1cc(=O)c2cccc(NC(=O)c3ccc4c(c3Cl)CC(CCCc3ccccc3)O4)c2o1. The molecule has 1 unspecified atom stereocenters. The number of hydrogen-bond donors (Lipinski definition) is 2. The smallest absolute Gasteiger partial charge is 0.371 e. The van der Waals surface area contributed by atoms with Crippen LogP contribution in [0.25, 0.3) is 11.0 Å². The lowest BCUT2D eigenvalue weighted by molar-refractivity contribution is 0.0663. The van der Waals surface area contributed by atoms with Crippen LogP contribution in [0, 0.1) is 0 Å². The van der Waals surface area contributed by atoms with Gasteiger partial charge in [-0.25, -0.2) is 4.79 Å². The predicted molar refractivity (Wildman–Crippen MR) is 136 cm³/mol. The van der Waals surface area contributed by atoms with E-state index in [4.69, 9.17) is 20.8 Å². The van der Waals surface area contributed by atoms with Crippen molar-refractivity contribution in [1.29, 1.82) is 0 Å². The molecule has 1 aliphatic rings. The van der Waals surface area contributed by atoms with Gasteiger partial charge in [0.1, 0.15) is 11.9 Å². The number of carbonyl (C=O) groups is 2. The molecule has 0 saturated carbocycles. The maximum absolute atomic E-state index is 13.1. The highest BCUT2D eigenvalue weighted by atomic mass is 35.5. The molecule has 0 aliphatic carbocycles. The van der Waals surface area contributed by atoms with Gasteiger partial charge in [-0.15, -0.1) is 0 Å². The number of carboxylic acids is 1. The van der Waals surface area contributed by atoms with Gasteiger partial charge in [-0.05, 0) is 49.1 Å². The van der Waals surface area contributed by atoms with Crippen LogP contribution >= 0.6 is 11.6 Å². The van der Waals surface area contributed by atoms with Crippen LogP contribution in [0.15, 0.2) is 75.9 Å². The Hall–Kier alpha value is -4.10. The van der Waals surface area contributed by atoms with Gasteiger partial charge < -0.3 is 19.6 Å². The summed E-state index contributed by atoms with van der Waals surface area (Å²) in [6, 6.07) is 19.1. The molecule has 0 saturated heterocycles. The first-order valence-electron chi connectivity index (χ1n) is 11.5. The Morgan fingerprint density at radius 3 is 2.64 bits per heavy atom. The van der Waals surface area contributed by atoms with Gasteiger partial charge in [0.2, 0.25) is 5.76 Å². The topological polar surface area (TPSA) is 106 Å². The number of amides is 1. The maximum atomic E-state index is 13.1. The van der Waals surface area contributed by atoms with Crippen molar-refractivity contribution in [3.8, 4) is 5.75 Å². The molecule has 0 radical (unpaired) electrons. The van der Waals surface area contributed by atoms with E-state index in [2.05, 4.69) is 17.4 Å². The van der Waals surface area contributed by atoms with Gasteiger partial charge in [-0.3, -0.25) is 9.59 Å². The Bertz CT molecular complexity index is 1530. The second-order valence-corrected chi connectivity index (χ2v) is 9.02. The fourth-order valence-corrected chi connectivity index (χ4v) is 4.76. The van der Waals surface area contributed by atoms with Crippen molar-refractivity contribution in [1.82, 2.24) is 0 Å². The molecule has 0 bridgehead atoms. The molecule has 4 aromatic rings. The molecular weight excluding hydrogens is 482 g/mol. The Balaban J connectivity index is 1.32. The van der Waals surface area contributed by atoms with Crippen molar-refractivity contribution < 1.29 is 23.8 Å². The summed E-state index contributed by atoms with van der Waals surface area (Å²) in [6.07, 6.45) is 3.39. The van der Waals surface area contributed by atoms with E-state index in [1.165, 1.54) is 17.7 Å². The number of halogens is 1. The van der Waals surface area contributed by atoms with E-state index in [1.54, 1.807) is 18.2 Å². The average Bonchev–Trinajstić information content (AvgIpc) is 3.29. The fraction of sp³-hybridized carbons (Fsp3) is 0.179. The van der Waals surface area contributed by atoms with Gasteiger partial charge in [0.05, 0.1) is 21.7 Å². The summed E-state index contributed by atoms with van der Waals surface area (Å²) in [5.74, 6) is -1.73. The molecule has 1 atom stereocenters. The van der Waals surface area contributed by atoms with Crippen LogP contribution in [0.2, 0.25) is 5.02 Å². The zero-order chi connectivity index (χ0) is 25.2. The zero-order valence-electron chi connectivity index (χ0n) is 19.1. The highest BCUT2D eigenvalue weighted by molar-refractivity contribution is 6.35. The van der Waals surface area contributed by atoms with Gasteiger partial charge in [-0.1, -0.05) is 48.0 Å². The highest BCUT2D eigenvalue weighted by Gasteiger charge is 2.28. The van der Waals surface area contributed by atoms with E-state index in [0.29, 0.717) is 17.2 Å². The van der Waals surface area contributed by atoms with Crippen molar-refractivity contribution in [3.63, 3.8) is 0 Å². The summed E-state index contributed by atoms with van der Waals surface area (Å²) in [7, 11) is 0. The minimum absolute atomic E-state index is 0.0127. The van der Waals surface area contributed by atoms with Crippen molar-refractivity contribution in [2.45, 2.75) is 31.8 Å². The highest BCUT2D eigenvalue weighted by Crippen LogP contribution is 2.38. The average molecular weight is 504 g/mol. The summed E-state index contributed by atoms with van der Waals surface area (Å²) in [5, 5.41) is 12.4. The molecule has 1 aromatic heterocycles. The summed E-state index contributed by atoms with van der Waals surface area (Å²) in [5.41, 5.74) is 1.95. The number of ether oxygens (including phenoxy) is 1. The van der Waals surface area contributed by atoms with Crippen molar-refractivity contribution in [3.05, 3.63) is 104 Å². The molecule has 182 valence electrons. The Morgan fingerprint density at radius 2 is 1.86 bits per heavy atom. The number of carbonyl (C=O) groups excluding carboxylic acids is 1. The third-order valence-electron chi connectivity index (χ3n) is 6.22. The number of anilines is 1. The number of fused-ring (bicyclic) bond motifs is 2. The summed E-state index contributed by atoms with van der Waals surface area (Å²) >= 11 is 6.63. The molecule has 2 N–H and O–H groups in total. The predicted octanol–water partition coefficient (Wildman–Crippen LogP) is 5.72. The summed E-state index contributed by atoms with van der Waals surface area (Å²) < 4.78 is 11.5. The molecule has 3 aromatic carbocycles. The maximum Gasteiger partial charge on any atom is 0.371 e. The first-order chi connectivity index (χ1) is 17.4. The van der Waals surface area contributed by atoms with Crippen LogP contribution in [-0.4, -0.2) is 23.1 Å². The lowest BCUT2D eigenvalue weighted by atomic mass is 10.0. The van der Waals surface area contributed by atoms with Crippen molar-refractivity contribution in [2.24, 2.45) is 0 Å². The minimum Gasteiger partial charge on any atom is -0.490 e. The van der Waals surface area contributed by atoms with Crippen LogP contribution in [0.4, 0.5) is 5.69 Å². The molecule has 0 fully saturated rings. The van der Waals surface area contributed by atoms with Crippen LogP contribution in [0.3, 0.4) is 0 Å². The summed E-state index contributed by atoms with van der Waals surface area (Å²) in [4.78, 5) is 36.7. The molecule has 1 amide bonds. The van der Waals surface area contributed by atoms with Crippen molar-refractivity contribution in [2.75, 3.05) is 5.32 Å². The van der Waals surface area contributed by atoms with Crippen LogP contribution in [-0.2, 0) is 12.8 Å². The number of carboxylic acid groups (broad SMARTS) is 1. The number of benzene rings is 3. The van der Waals surface area contributed by atoms with Gasteiger partial charge in [0, 0.05) is 18.1 Å². The molecule has 5 rings (SSSR count). The Morgan fingerprint density at radius 1 is 1.06 bits per heavy atom. The standard InChI is InChI=1S/C28H22ClNO6/c29-25-19(12-13-23-20(25)14-17(35-23)9-4-8-16-6-2-1-3-7-16)27(32)30-21-11-5-10-18-22(31)15-24(28(33)34)36-26(18)21/h1-3,5-7,10-13,15,17H,4,8-9,14H2,(H,30,32)(H,33,34). The Kier molecular flexibility index (Phi) is 6.48. The Labute approximate surface area is 211 Å². The second kappa shape index (κ2) is 9.87. The molecular formula is C28H22ClNO6. The molecule has 36 heavy (non-hydrogen) atoms. The van der Waals surface area contributed by atoms with Gasteiger partial charge >= 0.3 is 5.97 Å². The lowest BCUT2D eigenvalue weighted by Crippen LogP contribution is -2.14. The molecule has 1 aliphatic heterocycles. The van der Waals surface area contributed by atoms with Crippen LogP contribution in [0.5, 0.6) is 5.75 Å². The van der Waals surface area contributed by atoms with Gasteiger partial charge in [0.15, 0.2) is 11.0 Å². The monoisotopic (exact) mass is 503 g/mol. The number of hydrogen-bond acceptors (Lipinski definition) is 5.